The minimum Gasteiger partial charge on any atom is -0.464 e. The largest absolute Gasteiger partial charge is 0.464 e. The second-order valence-electron chi connectivity index (χ2n) is 8.25. The molecule has 2 bridgehead atoms. The molecule has 1 fully saturated rings. The number of hydrogen-bond donors (Lipinski definition) is 0. The van der Waals surface area contributed by atoms with Crippen LogP contribution >= 0.6 is 0 Å². The Morgan fingerprint density at radius 1 is 1.16 bits per heavy atom. The predicted octanol–water partition coefficient (Wildman–Crippen LogP) is 4.55. The highest BCUT2D eigenvalue weighted by atomic mass is 19.2. The average Bonchev–Trinajstić information content (AvgIpc) is 3.46. The number of fused-ring (bicyclic) bond motifs is 5. The molecule has 1 saturated heterocycles. The van der Waals surface area contributed by atoms with Crippen molar-refractivity contribution in [2.75, 3.05) is 0 Å². The number of hydrogen-bond acceptors (Lipinski definition) is 4. The number of benzene rings is 1. The fraction of sp³-hybridized carbons (Fsp3) is 0.261. The molecule has 6 nitrogen and oxygen atoms in total. The van der Waals surface area contributed by atoms with Crippen LogP contribution in [0.15, 0.2) is 41.1 Å². The summed E-state index contributed by atoms with van der Waals surface area (Å²) in [5.41, 5.74) is 3.22. The molecule has 9 heteroatoms. The molecule has 162 valence electrons. The number of amides is 1. The predicted molar refractivity (Wildman–Crippen MR) is 108 cm³/mol. The van der Waals surface area contributed by atoms with Crippen LogP contribution in [0, 0.1) is 17.5 Å². The van der Waals surface area contributed by atoms with Crippen LogP contribution in [0.3, 0.4) is 0 Å². The van der Waals surface area contributed by atoms with Crippen molar-refractivity contribution in [1.82, 2.24) is 19.7 Å². The fourth-order valence-corrected chi connectivity index (χ4v) is 5.19. The summed E-state index contributed by atoms with van der Waals surface area (Å²) in [4.78, 5) is 19.6. The molecule has 0 radical (unpaired) electrons. The van der Waals surface area contributed by atoms with Gasteiger partial charge in [-0.25, -0.2) is 13.2 Å². The highest BCUT2D eigenvalue weighted by Crippen LogP contribution is 2.47. The maximum atomic E-state index is 13.9. The molecule has 5 heterocycles. The Balaban J connectivity index is 1.44. The molecule has 2 atom stereocenters. The summed E-state index contributed by atoms with van der Waals surface area (Å²) in [7, 11) is 1.68. The number of pyridine rings is 1. The van der Waals surface area contributed by atoms with Crippen molar-refractivity contribution in [2.24, 2.45) is 7.05 Å². The molecule has 6 rings (SSSR count). The van der Waals surface area contributed by atoms with E-state index in [-0.39, 0.29) is 23.6 Å². The zero-order chi connectivity index (χ0) is 22.1. The van der Waals surface area contributed by atoms with Crippen LogP contribution in [0.5, 0.6) is 0 Å². The van der Waals surface area contributed by atoms with E-state index >= 15 is 0 Å². The molecular formula is C23H17F3N4O2. The normalized spacial score (nSPS) is 19.6. The molecular weight excluding hydrogens is 421 g/mol. The van der Waals surface area contributed by atoms with E-state index in [1.54, 1.807) is 30.1 Å². The quantitative estimate of drug-likeness (QED) is 0.431. The molecule has 0 N–H and O–H groups in total. The van der Waals surface area contributed by atoms with Crippen LogP contribution < -0.4 is 0 Å². The summed E-state index contributed by atoms with van der Waals surface area (Å²) in [5.74, 6) is -4.18. The Bertz CT molecular complexity index is 1390. The molecule has 1 aromatic carbocycles. The lowest BCUT2D eigenvalue weighted by Gasteiger charge is -2.34. The topological polar surface area (TPSA) is 64.2 Å². The van der Waals surface area contributed by atoms with Crippen molar-refractivity contribution in [1.29, 1.82) is 0 Å². The van der Waals surface area contributed by atoms with E-state index in [1.807, 2.05) is 4.90 Å². The molecule has 3 aromatic heterocycles. The van der Waals surface area contributed by atoms with Crippen LogP contribution in [-0.4, -0.2) is 31.6 Å². The number of halogens is 3. The molecule has 4 aromatic rings. The lowest BCUT2D eigenvalue weighted by atomic mass is 9.94. The SMILES string of the molecule is Cn1nc2c(c1-c1cc(F)c(F)c(F)c1)C[C@H]1CC[C@@H]2N1C(=O)c1nccc2occc12. The van der Waals surface area contributed by atoms with Gasteiger partial charge >= 0.3 is 0 Å². The van der Waals surface area contributed by atoms with Crippen molar-refractivity contribution in [3.63, 3.8) is 0 Å². The van der Waals surface area contributed by atoms with Gasteiger partial charge in [0.15, 0.2) is 17.5 Å². The van der Waals surface area contributed by atoms with Crippen molar-refractivity contribution < 1.29 is 22.4 Å². The molecule has 0 unspecified atom stereocenters. The zero-order valence-corrected chi connectivity index (χ0v) is 17.0. The third kappa shape index (κ3) is 2.57. The first kappa shape index (κ1) is 19.1. The van der Waals surface area contributed by atoms with E-state index in [4.69, 9.17) is 4.42 Å². The van der Waals surface area contributed by atoms with Gasteiger partial charge in [0.25, 0.3) is 5.91 Å². The van der Waals surface area contributed by atoms with Gasteiger partial charge in [-0.3, -0.25) is 14.5 Å². The summed E-state index contributed by atoms with van der Waals surface area (Å²) >= 11 is 0. The highest BCUT2D eigenvalue weighted by Gasteiger charge is 2.46. The van der Waals surface area contributed by atoms with E-state index in [0.717, 1.165) is 30.5 Å². The maximum absolute atomic E-state index is 13.9. The van der Waals surface area contributed by atoms with Crippen LogP contribution in [0.4, 0.5) is 13.2 Å². The summed E-state index contributed by atoms with van der Waals surface area (Å²) in [6, 6.07) is 5.04. The van der Waals surface area contributed by atoms with Crippen molar-refractivity contribution in [2.45, 2.75) is 31.3 Å². The highest BCUT2D eigenvalue weighted by molar-refractivity contribution is 6.04. The van der Waals surface area contributed by atoms with Gasteiger partial charge < -0.3 is 9.32 Å². The summed E-state index contributed by atoms with van der Waals surface area (Å²) < 4.78 is 48.3. The van der Waals surface area contributed by atoms with Crippen LogP contribution in [0.1, 0.15) is 40.6 Å². The molecule has 32 heavy (non-hydrogen) atoms. The second kappa shape index (κ2) is 6.69. The number of nitrogens with zero attached hydrogens (tertiary/aromatic N) is 4. The fourth-order valence-electron chi connectivity index (χ4n) is 5.19. The Labute approximate surface area is 180 Å². The number of rotatable bonds is 2. The third-order valence-corrected chi connectivity index (χ3v) is 6.51. The zero-order valence-electron chi connectivity index (χ0n) is 17.0. The Morgan fingerprint density at radius 2 is 1.94 bits per heavy atom. The van der Waals surface area contributed by atoms with Gasteiger partial charge in [-0.15, -0.1) is 0 Å². The van der Waals surface area contributed by atoms with E-state index in [2.05, 4.69) is 10.1 Å². The third-order valence-electron chi connectivity index (χ3n) is 6.51. The minimum absolute atomic E-state index is 0.0953. The standard InChI is InChI=1S/C23H17F3N4O2/c1-29-22(11-8-15(24)19(26)16(25)9-11)14-10-12-2-3-17(20(14)28-29)30(12)23(31)21-13-5-7-32-18(13)4-6-27-21/h4-9,12,17H,2-3,10H2,1H3/t12-,17+/m1/s1. The smallest absolute Gasteiger partial charge is 0.274 e. The van der Waals surface area contributed by atoms with Gasteiger partial charge in [-0.1, -0.05) is 0 Å². The Morgan fingerprint density at radius 3 is 2.72 bits per heavy atom. The molecule has 2 aliphatic heterocycles. The number of carbonyl (C=O) groups excluding carboxylic acids is 1. The van der Waals surface area contributed by atoms with Crippen molar-refractivity contribution in [3.05, 3.63) is 71.1 Å². The maximum Gasteiger partial charge on any atom is 0.274 e. The minimum atomic E-state index is -1.50. The monoisotopic (exact) mass is 438 g/mol. The van der Waals surface area contributed by atoms with E-state index in [1.165, 1.54) is 6.26 Å². The molecule has 0 aliphatic carbocycles. The lowest BCUT2D eigenvalue weighted by molar-refractivity contribution is 0.0638. The first-order valence-electron chi connectivity index (χ1n) is 10.3. The average molecular weight is 438 g/mol. The lowest BCUT2D eigenvalue weighted by Crippen LogP contribution is -2.42. The van der Waals surface area contributed by atoms with E-state index < -0.39 is 17.5 Å². The van der Waals surface area contributed by atoms with Crippen molar-refractivity contribution in [3.8, 4) is 11.3 Å². The first-order valence-corrected chi connectivity index (χ1v) is 10.3. The van der Waals surface area contributed by atoms with Gasteiger partial charge in [0.2, 0.25) is 0 Å². The molecule has 1 amide bonds. The molecule has 0 saturated carbocycles. The number of aromatic nitrogens is 3. The number of furan rings is 1. The number of carbonyl (C=O) groups is 1. The van der Waals surface area contributed by atoms with Gasteiger partial charge in [0.1, 0.15) is 11.3 Å². The molecule has 2 aliphatic rings. The van der Waals surface area contributed by atoms with Crippen molar-refractivity contribution >= 4 is 16.9 Å². The summed E-state index contributed by atoms with van der Waals surface area (Å²) in [5, 5.41) is 5.27. The van der Waals surface area contributed by atoms with E-state index in [0.29, 0.717) is 34.5 Å². The van der Waals surface area contributed by atoms with Gasteiger partial charge in [0, 0.05) is 30.4 Å². The van der Waals surface area contributed by atoms with Gasteiger partial charge in [0.05, 0.1) is 29.1 Å². The van der Waals surface area contributed by atoms with Crippen LogP contribution in [0.2, 0.25) is 0 Å². The first-order chi connectivity index (χ1) is 15.4. The van der Waals surface area contributed by atoms with Crippen LogP contribution in [-0.2, 0) is 13.5 Å². The van der Waals surface area contributed by atoms with Crippen LogP contribution in [0.25, 0.3) is 22.2 Å². The second-order valence-corrected chi connectivity index (χ2v) is 8.25. The Kier molecular flexibility index (Phi) is 3.99. The molecule has 0 spiro atoms. The van der Waals surface area contributed by atoms with E-state index in [9.17, 15) is 18.0 Å². The summed E-state index contributed by atoms with van der Waals surface area (Å²) in [6.07, 6.45) is 5.07. The number of aryl methyl sites for hydroxylation is 1. The summed E-state index contributed by atoms with van der Waals surface area (Å²) in [6.45, 7) is 0. The van der Waals surface area contributed by atoms with Gasteiger partial charge in [-0.2, -0.15) is 5.10 Å². The van der Waals surface area contributed by atoms with Gasteiger partial charge in [-0.05, 0) is 43.5 Å². The Hall–Kier alpha value is -3.62.